The summed E-state index contributed by atoms with van der Waals surface area (Å²) in [7, 11) is -0.403. The SMILES string of the molecule is COc1ccc(C[C@H](NC(=O)O)C(=O)c2ccc(O[Si](C)(C)C(C)(C)C)cc2)cc1. The average Bonchev–Trinajstić information content (AvgIpc) is 2.66. The van der Waals surface area contributed by atoms with Gasteiger partial charge in [0.25, 0.3) is 0 Å². The van der Waals surface area contributed by atoms with Crippen LogP contribution in [0.4, 0.5) is 4.79 Å². The molecule has 0 spiro atoms. The van der Waals surface area contributed by atoms with Gasteiger partial charge in [0.2, 0.25) is 8.32 Å². The minimum atomic E-state index is -1.98. The fraction of sp³-hybridized carbons (Fsp3) is 0.391. The molecular formula is C23H31NO5Si. The van der Waals surface area contributed by atoms with Crippen LogP contribution >= 0.6 is 0 Å². The lowest BCUT2D eigenvalue weighted by molar-refractivity contribution is 0.0936. The van der Waals surface area contributed by atoms with Crippen LogP contribution in [-0.4, -0.2) is 38.5 Å². The summed E-state index contributed by atoms with van der Waals surface area (Å²) in [4.78, 5) is 24.2. The van der Waals surface area contributed by atoms with Crippen LogP contribution in [0, 0.1) is 0 Å². The van der Waals surface area contributed by atoms with Gasteiger partial charge in [-0.3, -0.25) is 4.79 Å². The maximum absolute atomic E-state index is 13.0. The largest absolute Gasteiger partial charge is 0.544 e. The van der Waals surface area contributed by atoms with Gasteiger partial charge in [-0.25, -0.2) is 4.79 Å². The summed E-state index contributed by atoms with van der Waals surface area (Å²) in [5, 5.41) is 11.6. The summed E-state index contributed by atoms with van der Waals surface area (Å²) < 4.78 is 11.4. The van der Waals surface area contributed by atoms with E-state index in [1.807, 2.05) is 12.1 Å². The number of benzene rings is 2. The Kier molecular flexibility index (Phi) is 7.31. The zero-order chi connectivity index (χ0) is 22.5. The number of rotatable bonds is 8. The summed E-state index contributed by atoms with van der Waals surface area (Å²) in [5.74, 6) is 1.13. The predicted molar refractivity (Wildman–Crippen MR) is 120 cm³/mol. The number of carbonyl (C=O) groups excluding carboxylic acids is 1. The van der Waals surface area contributed by atoms with E-state index in [-0.39, 0.29) is 17.2 Å². The highest BCUT2D eigenvalue weighted by atomic mass is 28.4. The monoisotopic (exact) mass is 429 g/mol. The molecule has 0 aliphatic carbocycles. The maximum atomic E-state index is 13.0. The third-order valence-corrected chi connectivity index (χ3v) is 9.89. The van der Waals surface area contributed by atoms with E-state index in [0.29, 0.717) is 11.3 Å². The molecule has 0 unspecified atom stereocenters. The number of nitrogens with one attached hydrogen (secondary N) is 1. The molecule has 0 aliphatic heterocycles. The first-order valence-electron chi connectivity index (χ1n) is 9.88. The second-order valence-electron chi connectivity index (χ2n) is 8.81. The van der Waals surface area contributed by atoms with Gasteiger partial charge in [0.05, 0.1) is 13.2 Å². The van der Waals surface area contributed by atoms with Crippen LogP contribution in [0.25, 0.3) is 0 Å². The van der Waals surface area contributed by atoms with Crippen LogP contribution in [0.5, 0.6) is 11.5 Å². The molecule has 0 saturated carbocycles. The number of carboxylic acid groups (broad SMARTS) is 1. The second kappa shape index (κ2) is 9.34. The topological polar surface area (TPSA) is 84.9 Å². The molecule has 0 aliphatic rings. The Morgan fingerprint density at radius 1 is 1.00 bits per heavy atom. The average molecular weight is 430 g/mol. The van der Waals surface area contributed by atoms with Crippen molar-refractivity contribution in [1.82, 2.24) is 5.32 Å². The van der Waals surface area contributed by atoms with Crippen molar-refractivity contribution in [2.24, 2.45) is 0 Å². The van der Waals surface area contributed by atoms with Crippen molar-refractivity contribution in [1.29, 1.82) is 0 Å². The van der Waals surface area contributed by atoms with Crippen molar-refractivity contribution in [2.75, 3.05) is 7.11 Å². The smallest absolute Gasteiger partial charge is 0.405 e. The zero-order valence-corrected chi connectivity index (χ0v) is 19.5. The number of Topliss-reactive ketones (excluding diaryl/α,β-unsaturated/α-hetero) is 1. The van der Waals surface area contributed by atoms with E-state index in [4.69, 9.17) is 9.16 Å². The molecule has 0 heterocycles. The Hall–Kier alpha value is -2.80. The Bertz CT molecular complexity index is 870. The van der Waals surface area contributed by atoms with E-state index < -0.39 is 20.5 Å². The number of amides is 1. The number of ketones is 1. The molecule has 2 aromatic rings. The van der Waals surface area contributed by atoms with Crippen LogP contribution in [-0.2, 0) is 6.42 Å². The lowest BCUT2D eigenvalue weighted by Gasteiger charge is -2.36. The maximum Gasteiger partial charge on any atom is 0.405 e. The van der Waals surface area contributed by atoms with E-state index >= 15 is 0 Å². The van der Waals surface area contributed by atoms with Crippen molar-refractivity contribution in [3.8, 4) is 11.5 Å². The molecule has 30 heavy (non-hydrogen) atoms. The van der Waals surface area contributed by atoms with E-state index in [2.05, 4.69) is 39.2 Å². The first-order chi connectivity index (χ1) is 13.9. The van der Waals surface area contributed by atoms with E-state index in [0.717, 1.165) is 11.3 Å². The van der Waals surface area contributed by atoms with Gasteiger partial charge < -0.3 is 19.6 Å². The third kappa shape index (κ3) is 6.10. The molecule has 0 radical (unpaired) electrons. The molecule has 0 aromatic heterocycles. The van der Waals surface area contributed by atoms with Gasteiger partial charge in [-0.05, 0) is 60.1 Å². The highest BCUT2D eigenvalue weighted by Crippen LogP contribution is 2.37. The summed E-state index contributed by atoms with van der Waals surface area (Å²) >= 11 is 0. The Labute approximate surface area is 179 Å². The van der Waals surface area contributed by atoms with Gasteiger partial charge in [-0.2, -0.15) is 0 Å². The number of hydrogen-bond donors (Lipinski definition) is 2. The molecule has 1 atom stereocenters. The van der Waals surface area contributed by atoms with Crippen molar-refractivity contribution in [3.63, 3.8) is 0 Å². The minimum absolute atomic E-state index is 0.0658. The normalized spacial score (nSPS) is 12.7. The van der Waals surface area contributed by atoms with Crippen LogP contribution in [0.3, 0.4) is 0 Å². The molecule has 6 nitrogen and oxygen atoms in total. The fourth-order valence-corrected chi connectivity index (χ4v) is 3.72. The first-order valence-corrected chi connectivity index (χ1v) is 12.8. The van der Waals surface area contributed by atoms with Crippen molar-refractivity contribution >= 4 is 20.2 Å². The molecular weight excluding hydrogens is 398 g/mol. The van der Waals surface area contributed by atoms with Gasteiger partial charge >= 0.3 is 6.09 Å². The van der Waals surface area contributed by atoms with Crippen LogP contribution in [0.15, 0.2) is 48.5 Å². The Balaban J connectivity index is 2.17. The van der Waals surface area contributed by atoms with E-state index in [1.54, 1.807) is 43.5 Å². The van der Waals surface area contributed by atoms with Gasteiger partial charge in [0, 0.05) is 12.0 Å². The van der Waals surface area contributed by atoms with Gasteiger partial charge in [-0.1, -0.05) is 32.9 Å². The second-order valence-corrected chi connectivity index (χ2v) is 13.5. The number of methoxy groups -OCH3 is 1. The summed E-state index contributed by atoms with van der Waals surface area (Å²) in [6, 6.07) is 13.2. The molecule has 1 amide bonds. The van der Waals surface area contributed by atoms with Crippen molar-refractivity contribution < 1.29 is 23.9 Å². The Morgan fingerprint density at radius 2 is 1.53 bits per heavy atom. The lowest BCUT2D eigenvalue weighted by atomic mass is 9.97. The number of carbonyl (C=O) groups is 2. The van der Waals surface area contributed by atoms with E-state index in [1.165, 1.54) is 0 Å². The Morgan fingerprint density at radius 3 is 2.00 bits per heavy atom. The summed E-state index contributed by atoms with van der Waals surface area (Å²) in [5.41, 5.74) is 1.27. The van der Waals surface area contributed by atoms with Crippen LogP contribution < -0.4 is 14.5 Å². The molecule has 2 N–H and O–H groups in total. The third-order valence-electron chi connectivity index (χ3n) is 5.53. The molecule has 0 saturated heterocycles. The molecule has 0 fully saturated rings. The molecule has 162 valence electrons. The summed E-state index contributed by atoms with van der Waals surface area (Å²) in [6.45, 7) is 10.8. The van der Waals surface area contributed by atoms with Crippen LogP contribution in [0.2, 0.25) is 18.1 Å². The molecule has 7 heteroatoms. The fourth-order valence-electron chi connectivity index (χ4n) is 2.69. The predicted octanol–water partition coefficient (Wildman–Crippen LogP) is 5.14. The van der Waals surface area contributed by atoms with Crippen LogP contribution in [0.1, 0.15) is 36.7 Å². The highest BCUT2D eigenvalue weighted by molar-refractivity contribution is 6.74. The zero-order valence-electron chi connectivity index (χ0n) is 18.5. The summed E-state index contributed by atoms with van der Waals surface area (Å²) in [6.07, 6.45) is -0.989. The number of hydrogen-bond acceptors (Lipinski definition) is 4. The highest BCUT2D eigenvalue weighted by Gasteiger charge is 2.39. The standard InChI is InChI=1S/C23H31NO5Si/c1-23(2,3)30(5,6)29-19-13-9-17(10-14-19)21(25)20(24-22(26)27)15-16-7-11-18(28-4)12-8-16/h7-14,20,24H,15H2,1-6H3,(H,26,27)/t20-/m0/s1. The lowest BCUT2D eigenvalue weighted by Crippen LogP contribution is -2.43. The minimum Gasteiger partial charge on any atom is -0.544 e. The molecule has 0 bridgehead atoms. The van der Waals surface area contributed by atoms with Gasteiger partial charge in [-0.15, -0.1) is 0 Å². The number of ether oxygens (including phenoxy) is 1. The first kappa shape index (κ1) is 23.5. The molecule has 2 aromatic carbocycles. The quantitative estimate of drug-likeness (QED) is 0.448. The molecule has 2 rings (SSSR count). The van der Waals surface area contributed by atoms with Crippen molar-refractivity contribution in [2.45, 2.75) is 51.4 Å². The van der Waals surface area contributed by atoms with Crippen molar-refractivity contribution in [3.05, 3.63) is 59.7 Å². The van der Waals surface area contributed by atoms with Gasteiger partial charge in [0.1, 0.15) is 11.5 Å². The van der Waals surface area contributed by atoms with E-state index in [9.17, 15) is 14.7 Å². The van der Waals surface area contributed by atoms with Gasteiger partial charge in [0.15, 0.2) is 5.78 Å².